The minimum Gasteiger partial charge on any atom is -0.391 e. The number of aliphatic hydroxyl groups excluding tert-OH is 1. The molecule has 2 heteroatoms. The lowest BCUT2D eigenvalue weighted by molar-refractivity contribution is -0.135. The first-order valence-electron chi connectivity index (χ1n) is 6.71. The van der Waals surface area contributed by atoms with Crippen molar-refractivity contribution in [3.63, 3.8) is 0 Å². The Morgan fingerprint density at radius 2 is 1.94 bits per heavy atom. The summed E-state index contributed by atoms with van der Waals surface area (Å²) < 4.78 is 0. The van der Waals surface area contributed by atoms with Crippen LogP contribution < -0.4 is 0 Å². The lowest BCUT2D eigenvalue weighted by Gasteiger charge is -2.41. The van der Waals surface area contributed by atoms with Gasteiger partial charge in [0.15, 0.2) is 5.78 Å². The Bertz CT molecular complexity index is 423. The Balaban J connectivity index is 2.27. The van der Waals surface area contributed by atoms with E-state index in [1.165, 1.54) is 6.42 Å². The number of hydrogen-bond acceptors (Lipinski definition) is 2. The molecule has 94 valence electrons. The summed E-state index contributed by atoms with van der Waals surface area (Å²) in [5, 5.41) is 10.7. The highest BCUT2D eigenvalue weighted by atomic mass is 16.3. The summed E-state index contributed by atoms with van der Waals surface area (Å²) in [5.74, 6) is 1.07. The van der Waals surface area contributed by atoms with Crippen LogP contribution in [0.25, 0.3) is 0 Å². The Labute approximate surface area is 103 Å². The highest BCUT2D eigenvalue weighted by molar-refractivity contribution is 5.99. The molecule has 0 bridgehead atoms. The normalized spacial score (nSPS) is 55.1. The van der Waals surface area contributed by atoms with Crippen molar-refractivity contribution in [2.75, 3.05) is 0 Å². The molecule has 2 saturated carbocycles. The van der Waals surface area contributed by atoms with Gasteiger partial charge in [-0.3, -0.25) is 4.79 Å². The van der Waals surface area contributed by atoms with Crippen molar-refractivity contribution in [1.82, 2.24) is 0 Å². The first-order chi connectivity index (χ1) is 7.79. The summed E-state index contributed by atoms with van der Waals surface area (Å²) in [6.07, 6.45) is 5.65. The third-order valence-corrected chi connectivity index (χ3v) is 6.35. The summed E-state index contributed by atoms with van der Waals surface area (Å²) in [5.41, 5.74) is -0.829. The van der Waals surface area contributed by atoms with E-state index in [1.54, 1.807) is 6.08 Å². The molecule has 1 spiro atoms. The predicted octanol–water partition coefficient (Wildman–Crippen LogP) is 2.56. The zero-order chi connectivity index (χ0) is 12.6. The van der Waals surface area contributed by atoms with Gasteiger partial charge in [0.25, 0.3) is 0 Å². The lowest BCUT2D eigenvalue weighted by atomic mass is 9.61. The van der Waals surface area contributed by atoms with Gasteiger partial charge in [-0.1, -0.05) is 26.8 Å². The van der Waals surface area contributed by atoms with Crippen LogP contribution in [0.5, 0.6) is 0 Å². The molecule has 0 aromatic carbocycles. The highest BCUT2D eigenvalue weighted by Gasteiger charge is 2.75. The molecule has 0 saturated heterocycles. The SMILES string of the molecule is C[C@@H]1CC[C@H]2C(C)(C)[C@H](O)[C@]3(C)C(=O)C=C[C@]123. The smallest absolute Gasteiger partial charge is 0.164 e. The van der Waals surface area contributed by atoms with E-state index in [0.717, 1.165) is 6.42 Å². The highest BCUT2D eigenvalue weighted by Crippen LogP contribution is 2.74. The van der Waals surface area contributed by atoms with Crippen molar-refractivity contribution in [1.29, 1.82) is 0 Å². The standard InChI is InChI=1S/C15H22O2/c1-9-5-6-10-13(2,3)12(17)14(4)11(16)7-8-15(9,10)14/h7-10,12,17H,5-6H2,1-4H3/t9-,10+,12+,14+,15+/m1/s1. The van der Waals surface area contributed by atoms with Crippen molar-refractivity contribution in [3.05, 3.63) is 12.2 Å². The maximum absolute atomic E-state index is 12.3. The van der Waals surface area contributed by atoms with Crippen LogP contribution in [0.1, 0.15) is 40.5 Å². The van der Waals surface area contributed by atoms with Crippen molar-refractivity contribution in [2.24, 2.45) is 28.1 Å². The molecular formula is C15H22O2. The number of carbonyl (C=O) groups is 1. The third-order valence-electron chi connectivity index (χ3n) is 6.35. The van der Waals surface area contributed by atoms with Gasteiger partial charge in [-0.2, -0.15) is 0 Å². The first kappa shape index (κ1) is 11.5. The number of aliphatic hydroxyl groups is 1. The second-order valence-corrected chi connectivity index (χ2v) is 7.09. The molecule has 0 radical (unpaired) electrons. The molecule has 0 aliphatic heterocycles. The van der Waals surface area contributed by atoms with Crippen molar-refractivity contribution >= 4 is 5.78 Å². The third kappa shape index (κ3) is 0.896. The van der Waals surface area contributed by atoms with Crippen LogP contribution in [-0.4, -0.2) is 17.0 Å². The number of allylic oxidation sites excluding steroid dienone is 2. The summed E-state index contributed by atoms with van der Waals surface area (Å²) in [6.45, 7) is 8.50. The van der Waals surface area contributed by atoms with E-state index in [-0.39, 0.29) is 16.6 Å². The fraction of sp³-hybridized carbons (Fsp3) is 0.800. The molecule has 3 aliphatic carbocycles. The lowest BCUT2D eigenvalue weighted by Crippen LogP contribution is -2.46. The zero-order valence-corrected chi connectivity index (χ0v) is 11.2. The van der Waals surface area contributed by atoms with Gasteiger partial charge in [-0.05, 0) is 43.1 Å². The van der Waals surface area contributed by atoms with Crippen LogP contribution in [0.3, 0.4) is 0 Å². The van der Waals surface area contributed by atoms with Gasteiger partial charge >= 0.3 is 0 Å². The van der Waals surface area contributed by atoms with E-state index < -0.39 is 11.5 Å². The molecule has 0 unspecified atom stereocenters. The maximum atomic E-state index is 12.3. The van der Waals surface area contributed by atoms with Gasteiger partial charge in [0.05, 0.1) is 11.5 Å². The summed E-state index contributed by atoms with van der Waals surface area (Å²) in [6, 6.07) is 0. The number of hydrogen-bond donors (Lipinski definition) is 1. The molecular weight excluding hydrogens is 212 g/mol. The summed E-state index contributed by atoms with van der Waals surface area (Å²) in [7, 11) is 0. The molecule has 3 rings (SSSR count). The zero-order valence-electron chi connectivity index (χ0n) is 11.2. The van der Waals surface area contributed by atoms with Crippen LogP contribution in [0.2, 0.25) is 0 Å². The quantitative estimate of drug-likeness (QED) is 0.699. The molecule has 2 fully saturated rings. The van der Waals surface area contributed by atoms with Gasteiger partial charge in [0.1, 0.15) is 0 Å². The van der Waals surface area contributed by atoms with E-state index in [9.17, 15) is 9.90 Å². The molecule has 17 heavy (non-hydrogen) atoms. The van der Waals surface area contributed by atoms with Crippen molar-refractivity contribution in [3.8, 4) is 0 Å². The fourth-order valence-electron chi connectivity index (χ4n) is 5.46. The van der Waals surface area contributed by atoms with E-state index in [0.29, 0.717) is 11.8 Å². The molecule has 0 amide bonds. The molecule has 0 aromatic heterocycles. The number of carbonyl (C=O) groups excluding carboxylic acids is 1. The average molecular weight is 234 g/mol. The summed E-state index contributed by atoms with van der Waals surface area (Å²) in [4.78, 5) is 12.3. The molecule has 1 N–H and O–H groups in total. The van der Waals surface area contributed by atoms with E-state index in [4.69, 9.17) is 0 Å². The predicted molar refractivity (Wildman–Crippen MR) is 66.4 cm³/mol. The maximum Gasteiger partial charge on any atom is 0.164 e. The Hall–Kier alpha value is -0.630. The van der Waals surface area contributed by atoms with Crippen molar-refractivity contribution in [2.45, 2.75) is 46.6 Å². The minimum absolute atomic E-state index is 0.0903. The van der Waals surface area contributed by atoms with Gasteiger partial charge in [-0.15, -0.1) is 0 Å². The monoisotopic (exact) mass is 234 g/mol. The van der Waals surface area contributed by atoms with Crippen LogP contribution >= 0.6 is 0 Å². The van der Waals surface area contributed by atoms with E-state index in [2.05, 4.69) is 26.8 Å². The average Bonchev–Trinajstić information content (AvgIpc) is 2.77. The van der Waals surface area contributed by atoms with Crippen LogP contribution in [0.15, 0.2) is 12.2 Å². The molecule has 3 aliphatic rings. The topological polar surface area (TPSA) is 37.3 Å². The number of rotatable bonds is 0. The van der Waals surface area contributed by atoms with Crippen LogP contribution in [0.4, 0.5) is 0 Å². The number of ketones is 1. The van der Waals surface area contributed by atoms with E-state index >= 15 is 0 Å². The largest absolute Gasteiger partial charge is 0.391 e. The van der Waals surface area contributed by atoms with Gasteiger partial charge in [0, 0.05) is 5.41 Å². The Kier molecular flexibility index (Phi) is 1.92. The second kappa shape index (κ2) is 2.85. The van der Waals surface area contributed by atoms with Crippen LogP contribution in [0, 0.1) is 28.1 Å². The van der Waals surface area contributed by atoms with Crippen molar-refractivity contribution < 1.29 is 9.90 Å². The molecule has 5 atom stereocenters. The molecule has 0 aromatic rings. The Morgan fingerprint density at radius 1 is 1.29 bits per heavy atom. The minimum atomic E-state index is -0.586. The van der Waals surface area contributed by atoms with Gasteiger partial charge in [-0.25, -0.2) is 0 Å². The van der Waals surface area contributed by atoms with E-state index in [1.807, 2.05) is 6.92 Å². The first-order valence-corrected chi connectivity index (χ1v) is 6.71. The van der Waals surface area contributed by atoms with Gasteiger partial charge < -0.3 is 5.11 Å². The van der Waals surface area contributed by atoms with Gasteiger partial charge in [0.2, 0.25) is 0 Å². The fourth-order valence-corrected chi connectivity index (χ4v) is 5.46. The Morgan fingerprint density at radius 3 is 2.59 bits per heavy atom. The molecule has 2 nitrogen and oxygen atoms in total. The van der Waals surface area contributed by atoms with Crippen LogP contribution in [-0.2, 0) is 4.79 Å². The molecule has 0 heterocycles. The second-order valence-electron chi connectivity index (χ2n) is 7.09. The summed E-state index contributed by atoms with van der Waals surface area (Å²) >= 11 is 0.